The molecule has 0 heterocycles. The monoisotopic (exact) mass is 320 g/mol. The summed E-state index contributed by atoms with van der Waals surface area (Å²) < 4.78 is 14.3. The second kappa shape index (κ2) is 4.31. The van der Waals surface area contributed by atoms with Gasteiger partial charge >= 0.3 is 0 Å². The maximum absolute atomic E-state index is 13.7. The van der Waals surface area contributed by atoms with E-state index in [2.05, 4.69) is 31.9 Å². The minimum atomic E-state index is -0.0842. The molecule has 3 heteroatoms. The Bertz CT molecular complexity index is 338. The van der Waals surface area contributed by atoms with Gasteiger partial charge in [0.1, 0.15) is 5.82 Å². The quantitative estimate of drug-likeness (QED) is 0.662. The smallest absolute Gasteiger partial charge is 0.140 e. The van der Waals surface area contributed by atoms with Crippen LogP contribution in [0.2, 0.25) is 0 Å². The fourth-order valence-corrected chi connectivity index (χ4v) is 3.14. The van der Waals surface area contributed by atoms with Crippen molar-refractivity contribution in [2.24, 2.45) is 0 Å². The van der Waals surface area contributed by atoms with Gasteiger partial charge in [-0.3, -0.25) is 0 Å². The van der Waals surface area contributed by atoms with Crippen molar-refractivity contribution in [1.29, 1.82) is 0 Å². The summed E-state index contributed by atoms with van der Waals surface area (Å²) in [6, 6.07) is 5.55. The summed E-state index contributed by atoms with van der Waals surface area (Å²) in [7, 11) is 0. The number of hydrogen-bond donors (Lipinski definition) is 0. The Balaban J connectivity index is 2.28. The summed E-state index contributed by atoms with van der Waals surface area (Å²) in [4.78, 5) is 0.561. The van der Waals surface area contributed by atoms with Gasteiger partial charge in [0.2, 0.25) is 0 Å². The van der Waals surface area contributed by atoms with Crippen molar-refractivity contribution in [3.63, 3.8) is 0 Å². The zero-order chi connectivity index (χ0) is 10.1. The average Bonchev–Trinajstić information content (AvgIpc) is 2.57. The van der Waals surface area contributed by atoms with Crippen molar-refractivity contribution in [1.82, 2.24) is 0 Å². The van der Waals surface area contributed by atoms with E-state index in [4.69, 9.17) is 0 Å². The van der Waals surface area contributed by atoms with Crippen molar-refractivity contribution >= 4 is 31.9 Å². The van der Waals surface area contributed by atoms with Crippen LogP contribution in [0.1, 0.15) is 30.7 Å². The maximum Gasteiger partial charge on any atom is 0.140 e. The first-order chi connectivity index (χ1) is 6.68. The standard InChI is InChI=1S/C11H11Br2F/c12-8-5-4-7(6-8)9-2-1-3-10(13)11(9)14/h1-3,7-8H,4-6H2. The SMILES string of the molecule is Fc1c(Br)cccc1C1CCC(Br)C1. The van der Waals surface area contributed by atoms with Crippen LogP contribution in [-0.4, -0.2) is 4.83 Å². The molecule has 1 fully saturated rings. The van der Waals surface area contributed by atoms with Gasteiger partial charge in [-0.25, -0.2) is 4.39 Å². The third-order valence-electron chi connectivity index (χ3n) is 2.79. The van der Waals surface area contributed by atoms with Crippen LogP contribution in [0.3, 0.4) is 0 Å². The molecule has 0 nitrogen and oxygen atoms in total. The largest absolute Gasteiger partial charge is 0.205 e. The fraction of sp³-hybridized carbons (Fsp3) is 0.455. The third-order valence-corrected chi connectivity index (χ3v) is 4.23. The number of rotatable bonds is 1. The van der Waals surface area contributed by atoms with Crippen molar-refractivity contribution in [2.75, 3.05) is 0 Å². The Morgan fingerprint density at radius 1 is 1.29 bits per heavy atom. The van der Waals surface area contributed by atoms with E-state index in [1.165, 1.54) is 0 Å². The van der Waals surface area contributed by atoms with Gasteiger partial charge in [-0.15, -0.1) is 0 Å². The van der Waals surface area contributed by atoms with Crippen molar-refractivity contribution in [2.45, 2.75) is 30.0 Å². The van der Waals surface area contributed by atoms with Crippen molar-refractivity contribution in [3.8, 4) is 0 Å². The van der Waals surface area contributed by atoms with E-state index in [-0.39, 0.29) is 5.82 Å². The highest BCUT2D eigenvalue weighted by Crippen LogP contribution is 2.39. The maximum atomic E-state index is 13.7. The molecule has 1 saturated carbocycles. The van der Waals surface area contributed by atoms with Crippen LogP contribution in [0.4, 0.5) is 4.39 Å². The molecule has 0 bridgehead atoms. The van der Waals surface area contributed by atoms with E-state index in [9.17, 15) is 4.39 Å². The minimum Gasteiger partial charge on any atom is -0.205 e. The number of benzene rings is 1. The van der Waals surface area contributed by atoms with Gasteiger partial charge in [0, 0.05) is 4.83 Å². The van der Waals surface area contributed by atoms with Crippen LogP contribution >= 0.6 is 31.9 Å². The van der Waals surface area contributed by atoms with E-state index in [0.717, 1.165) is 24.8 Å². The molecule has 0 spiro atoms. The number of hydrogen-bond acceptors (Lipinski definition) is 0. The Kier molecular flexibility index (Phi) is 3.27. The first kappa shape index (κ1) is 10.6. The van der Waals surface area contributed by atoms with Crippen LogP contribution < -0.4 is 0 Å². The predicted molar refractivity (Wildman–Crippen MR) is 63.4 cm³/mol. The summed E-state index contributed by atoms with van der Waals surface area (Å²) >= 11 is 6.81. The van der Waals surface area contributed by atoms with Crippen LogP contribution in [0, 0.1) is 5.82 Å². The Hall–Kier alpha value is 0.110. The molecule has 14 heavy (non-hydrogen) atoms. The van der Waals surface area contributed by atoms with Crippen LogP contribution in [0.15, 0.2) is 22.7 Å². The molecular formula is C11H11Br2F. The molecule has 0 aliphatic heterocycles. The van der Waals surface area contributed by atoms with E-state index < -0.39 is 0 Å². The zero-order valence-electron chi connectivity index (χ0n) is 7.64. The van der Waals surface area contributed by atoms with Gasteiger partial charge < -0.3 is 0 Å². The number of halogens is 3. The lowest BCUT2D eigenvalue weighted by Gasteiger charge is -2.11. The van der Waals surface area contributed by atoms with E-state index in [1.807, 2.05) is 12.1 Å². The van der Waals surface area contributed by atoms with Gasteiger partial charge in [-0.1, -0.05) is 28.1 Å². The van der Waals surface area contributed by atoms with Gasteiger partial charge in [-0.05, 0) is 52.7 Å². The molecule has 76 valence electrons. The normalized spacial score (nSPS) is 26.8. The van der Waals surface area contributed by atoms with Gasteiger partial charge in [0.25, 0.3) is 0 Å². The summed E-state index contributed by atoms with van der Waals surface area (Å²) in [5, 5.41) is 0. The first-order valence-corrected chi connectivity index (χ1v) is 6.47. The fourth-order valence-electron chi connectivity index (χ4n) is 2.04. The molecule has 0 radical (unpaired) electrons. The van der Waals surface area contributed by atoms with Gasteiger partial charge in [-0.2, -0.15) is 0 Å². The molecule has 1 aliphatic rings. The molecular weight excluding hydrogens is 311 g/mol. The summed E-state index contributed by atoms with van der Waals surface area (Å²) in [6.07, 6.45) is 3.29. The van der Waals surface area contributed by atoms with Crippen molar-refractivity contribution < 1.29 is 4.39 Å². The highest BCUT2D eigenvalue weighted by molar-refractivity contribution is 9.10. The Labute approximate surface area is 100 Å². The second-order valence-electron chi connectivity index (χ2n) is 3.75. The molecule has 2 atom stereocenters. The second-order valence-corrected chi connectivity index (χ2v) is 5.90. The molecule has 0 aromatic heterocycles. The first-order valence-electron chi connectivity index (χ1n) is 4.76. The molecule has 0 amide bonds. The summed E-state index contributed by atoms with van der Waals surface area (Å²) in [5.74, 6) is 0.302. The Morgan fingerprint density at radius 3 is 2.71 bits per heavy atom. The molecule has 1 aliphatic carbocycles. The number of alkyl halides is 1. The molecule has 1 aromatic carbocycles. The van der Waals surface area contributed by atoms with Gasteiger partial charge in [0.15, 0.2) is 0 Å². The summed E-state index contributed by atoms with van der Waals surface area (Å²) in [5.41, 5.74) is 0.862. The Morgan fingerprint density at radius 2 is 2.07 bits per heavy atom. The molecule has 0 N–H and O–H groups in total. The van der Waals surface area contributed by atoms with Crippen molar-refractivity contribution in [3.05, 3.63) is 34.1 Å². The highest BCUT2D eigenvalue weighted by atomic mass is 79.9. The summed E-state index contributed by atoms with van der Waals surface area (Å²) in [6.45, 7) is 0. The minimum absolute atomic E-state index is 0.0842. The lowest BCUT2D eigenvalue weighted by atomic mass is 9.97. The van der Waals surface area contributed by atoms with Gasteiger partial charge in [0.05, 0.1) is 4.47 Å². The third kappa shape index (κ3) is 2.03. The average molecular weight is 322 g/mol. The van der Waals surface area contributed by atoms with E-state index in [1.54, 1.807) is 6.07 Å². The predicted octanol–water partition coefficient (Wildman–Crippen LogP) is 4.62. The van der Waals surface area contributed by atoms with Crippen LogP contribution in [0.5, 0.6) is 0 Å². The highest BCUT2D eigenvalue weighted by Gasteiger charge is 2.26. The van der Waals surface area contributed by atoms with Crippen LogP contribution in [0.25, 0.3) is 0 Å². The zero-order valence-corrected chi connectivity index (χ0v) is 10.8. The molecule has 2 rings (SSSR count). The topological polar surface area (TPSA) is 0 Å². The lowest BCUT2D eigenvalue weighted by molar-refractivity contribution is 0.575. The van der Waals surface area contributed by atoms with E-state index in [0.29, 0.717) is 15.2 Å². The van der Waals surface area contributed by atoms with E-state index >= 15 is 0 Å². The molecule has 2 unspecified atom stereocenters. The lowest BCUT2D eigenvalue weighted by Crippen LogP contribution is -1.98. The molecule has 1 aromatic rings. The van der Waals surface area contributed by atoms with Crippen LogP contribution in [-0.2, 0) is 0 Å². The molecule has 0 saturated heterocycles.